The Labute approximate surface area is 83.6 Å². The zero-order valence-corrected chi connectivity index (χ0v) is 9.93. The quantitative estimate of drug-likeness (QED) is 0.642. The fourth-order valence-electron chi connectivity index (χ4n) is 1.80. The first kappa shape index (κ1) is 10.5. The van der Waals surface area contributed by atoms with Gasteiger partial charge in [-0.3, -0.25) is 0 Å². The van der Waals surface area contributed by atoms with Crippen molar-refractivity contribution >= 4 is 14.0 Å². The van der Waals surface area contributed by atoms with Crippen LogP contribution >= 0.6 is 0 Å². The van der Waals surface area contributed by atoms with Gasteiger partial charge in [0.25, 0.3) is 0 Å². The highest BCUT2D eigenvalue weighted by Crippen LogP contribution is 2.05. The van der Waals surface area contributed by atoms with Gasteiger partial charge in [-0.1, -0.05) is 62.3 Å². The Bertz CT molecular complexity index is 251. The molecule has 0 saturated heterocycles. The fourth-order valence-corrected chi connectivity index (χ4v) is 4.11. The summed E-state index contributed by atoms with van der Waals surface area (Å²) in [6.07, 6.45) is 1.18. The van der Waals surface area contributed by atoms with Crippen LogP contribution in [0.1, 0.15) is 26.3 Å². The van der Waals surface area contributed by atoms with Gasteiger partial charge in [-0.15, -0.1) is 0 Å². The molecule has 0 aliphatic heterocycles. The van der Waals surface area contributed by atoms with E-state index < -0.39 is 0 Å². The first-order valence-corrected chi connectivity index (χ1v) is 7.17. The van der Waals surface area contributed by atoms with Crippen molar-refractivity contribution in [1.29, 1.82) is 0 Å². The largest absolute Gasteiger partial charge is 0.0854 e. The van der Waals surface area contributed by atoms with Gasteiger partial charge < -0.3 is 0 Å². The van der Waals surface area contributed by atoms with Gasteiger partial charge in [-0.05, 0) is 12.0 Å². The average Bonchev–Trinajstić information content (AvgIpc) is 2.20. The Hall–Kier alpha value is -0.563. The highest BCUT2D eigenvalue weighted by Gasteiger charge is 2.11. The molecule has 1 heteroatoms. The second kappa shape index (κ2) is 5.23. The topological polar surface area (TPSA) is 0 Å². The van der Waals surface area contributed by atoms with E-state index in [1.807, 2.05) is 0 Å². The molecular formula is C12H19Si. The van der Waals surface area contributed by atoms with E-state index >= 15 is 0 Å². The monoisotopic (exact) mass is 191 g/mol. The summed E-state index contributed by atoms with van der Waals surface area (Å²) in [6.45, 7) is 6.90. The predicted molar refractivity (Wildman–Crippen MR) is 62.2 cm³/mol. The van der Waals surface area contributed by atoms with Crippen LogP contribution in [0.4, 0.5) is 0 Å². The van der Waals surface area contributed by atoms with E-state index in [4.69, 9.17) is 0 Å². The van der Waals surface area contributed by atoms with Gasteiger partial charge in [0.2, 0.25) is 0 Å². The molecule has 71 valence electrons. The first-order valence-electron chi connectivity index (χ1n) is 5.26. The molecule has 0 bridgehead atoms. The van der Waals surface area contributed by atoms with E-state index in [1.54, 1.807) is 10.8 Å². The van der Waals surface area contributed by atoms with E-state index in [1.165, 1.54) is 18.5 Å². The Morgan fingerprint density at radius 1 is 1.00 bits per heavy atom. The molecular weight excluding hydrogens is 172 g/mol. The molecule has 0 spiro atoms. The van der Waals surface area contributed by atoms with Crippen LogP contribution in [-0.2, 0) is 6.42 Å². The van der Waals surface area contributed by atoms with Gasteiger partial charge in [0.15, 0.2) is 0 Å². The zero-order chi connectivity index (χ0) is 9.68. The number of benzene rings is 1. The molecule has 1 rings (SSSR count). The minimum absolute atomic E-state index is 0.243. The van der Waals surface area contributed by atoms with E-state index in [0.717, 1.165) is 0 Å². The summed E-state index contributed by atoms with van der Waals surface area (Å²) < 4.78 is 0. The van der Waals surface area contributed by atoms with Crippen LogP contribution in [0.25, 0.3) is 0 Å². The predicted octanol–water partition coefficient (Wildman–Crippen LogP) is 2.99. The SMILES string of the molecule is CCc1ccccc1[Si](CC)CC. The normalized spacial score (nSPS) is 10.8. The average molecular weight is 191 g/mol. The van der Waals surface area contributed by atoms with Crippen molar-refractivity contribution in [3.05, 3.63) is 29.8 Å². The highest BCUT2D eigenvalue weighted by molar-refractivity contribution is 6.73. The number of aryl methyl sites for hydroxylation is 1. The van der Waals surface area contributed by atoms with Crippen LogP contribution in [-0.4, -0.2) is 8.80 Å². The Balaban J connectivity index is 2.96. The van der Waals surface area contributed by atoms with Crippen LogP contribution in [0.3, 0.4) is 0 Å². The Morgan fingerprint density at radius 3 is 2.15 bits per heavy atom. The van der Waals surface area contributed by atoms with E-state index in [-0.39, 0.29) is 8.80 Å². The Morgan fingerprint density at radius 2 is 1.62 bits per heavy atom. The lowest BCUT2D eigenvalue weighted by atomic mass is 10.2. The molecule has 0 saturated carbocycles. The Kier molecular flexibility index (Phi) is 4.23. The van der Waals surface area contributed by atoms with E-state index in [9.17, 15) is 0 Å². The lowest BCUT2D eigenvalue weighted by Gasteiger charge is -2.14. The third-order valence-corrected chi connectivity index (χ3v) is 5.59. The molecule has 1 radical (unpaired) electrons. The smallest absolute Gasteiger partial charge is 0.0677 e. The van der Waals surface area contributed by atoms with Crippen LogP contribution in [0, 0.1) is 0 Å². The molecule has 0 amide bonds. The summed E-state index contributed by atoms with van der Waals surface area (Å²) >= 11 is 0. The lowest BCUT2D eigenvalue weighted by Crippen LogP contribution is -2.31. The molecule has 13 heavy (non-hydrogen) atoms. The second-order valence-corrected chi connectivity index (χ2v) is 6.48. The van der Waals surface area contributed by atoms with Crippen molar-refractivity contribution < 1.29 is 0 Å². The van der Waals surface area contributed by atoms with Crippen LogP contribution in [0.15, 0.2) is 24.3 Å². The van der Waals surface area contributed by atoms with Crippen LogP contribution in [0.5, 0.6) is 0 Å². The van der Waals surface area contributed by atoms with E-state index in [0.29, 0.717) is 0 Å². The number of rotatable bonds is 4. The summed E-state index contributed by atoms with van der Waals surface area (Å²) in [7, 11) is -0.243. The van der Waals surface area contributed by atoms with Crippen molar-refractivity contribution in [3.8, 4) is 0 Å². The summed E-state index contributed by atoms with van der Waals surface area (Å²) in [6, 6.07) is 11.7. The van der Waals surface area contributed by atoms with Crippen LogP contribution < -0.4 is 5.19 Å². The summed E-state index contributed by atoms with van der Waals surface area (Å²) in [5.41, 5.74) is 1.57. The standard InChI is InChI=1S/C12H19Si/c1-4-11-9-7-8-10-12(11)13(5-2)6-3/h7-10H,4-6H2,1-3H3. The summed E-state index contributed by atoms with van der Waals surface area (Å²) in [4.78, 5) is 0. The number of hydrogen-bond acceptors (Lipinski definition) is 0. The molecule has 0 aliphatic carbocycles. The molecule has 0 atom stereocenters. The molecule has 0 N–H and O–H groups in total. The summed E-state index contributed by atoms with van der Waals surface area (Å²) in [5.74, 6) is 0. The van der Waals surface area contributed by atoms with Crippen molar-refractivity contribution in [2.75, 3.05) is 0 Å². The number of hydrogen-bond donors (Lipinski definition) is 0. The van der Waals surface area contributed by atoms with Crippen molar-refractivity contribution in [1.82, 2.24) is 0 Å². The second-order valence-electron chi connectivity index (χ2n) is 3.32. The third-order valence-electron chi connectivity index (χ3n) is 2.63. The van der Waals surface area contributed by atoms with Crippen molar-refractivity contribution in [2.45, 2.75) is 39.3 Å². The van der Waals surface area contributed by atoms with Crippen molar-refractivity contribution in [3.63, 3.8) is 0 Å². The van der Waals surface area contributed by atoms with Crippen molar-refractivity contribution in [2.24, 2.45) is 0 Å². The molecule has 0 aliphatic rings. The minimum Gasteiger partial charge on any atom is -0.0677 e. The highest BCUT2D eigenvalue weighted by atomic mass is 28.3. The van der Waals surface area contributed by atoms with Gasteiger partial charge in [0.05, 0.1) is 8.80 Å². The maximum atomic E-state index is 2.33. The molecule has 1 aromatic carbocycles. The first-order chi connectivity index (χ1) is 6.33. The zero-order valence-electron chi connectivity index (χ0n) is 8.93. The summed E-state index contributed by atoms with van der Waals surface area (Å²) in [5, 5.41) is 1.67. The van der Waals surface area contributed by atoms with Gasteiger partial charge in [0, 0.05) is 0 Å². The molecule has 0 unspecified atom stereocenters. The maximum absolute atomic E-state index is 2.33. The van der Waals surface area contributed by atoms with Gasteiger partial charge in [-0.25, -0.2) is 0 Å². The minimum atomic E-state index is -0.243. The molecule has 0 nitrogen and oxygen atoms in total. The van der Waals surface area contributed by atoms with Gasteiger partial charge in [0.1, 0.15) is 0 Å². The molecule has 0 heterocycles. The molecule has 0 fully saturated rings. The van der Waals surface area contributed by atoms with Gasteiger partial charge in [-0.2, -0.15) is 0 Å². The van der Waals surface area contributed by atoms with E-state index in [2.05, 4.69) is 45.0 Å². The molecule has 0 aromatic heterocycles. The third kappa shape index (κ3) is 2.44. The fraction of sp³-hybridized carbons (Fsp3) is 0.500. The maximum Gasteiger partial charge on any atom is 0.0854 e. The lowest BCUT2D eigenvalue weighted by molar-refractivity contribution is 1.15. The molecule has 1 aromatic rings. The van der Waals surface area contributed by atoms with Gasteiger partial charge >= 0.3 is 0 Å². The van der Waals surface area contributed by atoms with Crippen LogP contribution in [0.2, 0.25) is 12.1 Å².